The van der Waals surface area contributed by atoms with Gasteiger partial charge < -0.3 is 24.6 Å². The Morgan fingerprint density at radius 2 is 1.80 bits per heavy atom. The number of rotatable bonds is 7. The summed E-state index contributed by atoms with van der Waals surface area (Å²) in [5.41, 5.74) is 0.190. The first-order chi connectivity index (χ1) is 11.4. The first-order valence-corrected chi connectivity index (χ1v) is 9.46. The van der Waals surface area contributed by atoms with Crippen molar-refractivity contribution >= 4 is 54.3 Å². The number of halogens is 3. The van der Waals surface area contributed by atoms with Crippen molar-refractivity contribution in [3.8, 4) is 5.75 Å². The molecule has 25 heavy (non-hydrogen) atoms. The Morgan fingerprint density at radius 3 is 2.24 bits per heavy atom. The molecular weight excluding hydrogens is 419 g/mol. The number of hydrogen-bond acceptors (Lipinski definition) is 5. The van der Waals surface area contributed by atoms with Gasteiger partial charge in [0.1, 0.15) is 18.1 Å². The topological polar surface area (TPSA) is 122 Å². The zero-order valence-corrected chi connectivity index (χ0v) is 16.0. The molecule has 0 aromatic heterocycles. The van der Waals surface area contributed by atoms with Gasteiger partial charge in [-0.05, 0) is 24.3 Å². The molecule has 0 saturated carbocycles. The molecule has 1 atom stereocenters. The van der Waals surface area contributed by atoms with Crippen LogP contribution in [0.3, 0.4) is 0 Å². The summed E-state index contributed by atoms with van der Waals surface area (Å²) in [5, 5.41) is 1.91. The third kappa shape index (κ3) is 8.27. The van der Waals surface area contributed by atoms with Crippen LogP contribution >= 0.6 is 42.4 Å². The van der Waals surface area contributed by atoms with Gasteiger partial charge >= 0.3 is 13.7 Å². The highest BCUT2D eigenvalue weighted by Crippen LogP contribution is 2.42. The van der Waals surface area contributed by atoms with Gasteiger partial charge in [-0.15, -0.1) is 0 Å². The fourth-order valence-corrected chi connectivity index (χ4v) is 2.49. The lowest BCUT2D eigenvalue weighted by atomic mass is 10.1. The second kappa shape index (κ2) is 9.07. The molecule has 0 heterocycles. The Kier molecular flexibility index (Phi) is 7.99. The molecule has 0 radical (unpaired) electrons. The van der Waals surface area contributed by atoms with Gasteiger partial charge in [0.25, 0.3) is 0 Å². The van der Waals surface area contributed by atoms with Crippen LogP contribution in [0.2, 0.25) is 0 Å². The number of nitrogens with one attached hydrogen (secondary N) is 1. The van der Waals surface area contributed by atoms with Crippen LogP contribution in [0.1, 0.15) is 16.8 Å². The van der Waals surface area contributed by atoms with E-state index in [0.29, 0.717) is 5.75 Å². The highest BCUT2D eigenvalue weighted by Gasteiger charge is 2.34. The number of methoxy groups -OCH3 is 1. The monoisotopic (exact) mass is 433 g/mol. The number of alkyl carbamates (subject to hydrolysis) is 1. The summed E-state index contributed by atoms with van der Waals surface area (Å²) in [4.78, 5) is 42.4. The highest BCUT2D eigenvalue weighted by molar-refractivity contribution is 7.52. The van der Waals surface area contributed by atoms with Crippen LogP contribution in [-0.2, 0) is 9.30 Å². The molecule has 0 aliphatic heterocycles. The summed E-state index contributed by atoms with van der Waals surface area (Å²) in [6, 6.07) is 5.89. The number of carbonyl (C=O) groups excluding carboxylic acids is 2. The second-order valence-electron chi connectivity index (χ2n) is 4.80. The van der Waals surface area contributed by atoms with E-state index in [2.05, 4.69) is 4.74 Å². The predicted octanol–water partition coefficient (Wildman–Crippen LogP) is 2.87. The lowest BCUT2D eigenvalue weighted by molar-refractivity contribution is 0.0970. The van der Waals surface area contributed by atoms with Crippen LogP contribution in [0.15, 0.2) is 24.3 Å². The molecule has 140 valence electrons. The fourth-order valence-electron chi connectivity index (χ4n) is 1.65. The van der Waals surface area contributed by atoms with E-state index in [-0.39, 0.29) is 5.56 Å². The van der Waals surface area contributed by atoms with E-state index >= 15 is 0 Å². The van der Waals surface area contributed by atoms with Crippen molar-refractivity contribution in [3.63, 3.8) is 0 Å². The Hall–Kier alpha value is -1.02. The molecule has 0 aliphatic carbocycles. The Balaban J connectivity index is 2.77. The SMILES string of the molecule is COc1ccc(C(=O)CC(NC(=O)OCC(Cl)(Cl)Cl)P(=O)(O)O)cc1. The number of carbonyl (C=O) groups is 2. The van der Waals surface area contributed by atoms with E-state index in [9.17, 15) is 23.9 Å². The van der Waals surface area contributed by atoms with Crippen molar-refractivity contribution in [2.75, 3.05) is 13.7 Å². The second-order valence-corrected chi connectivity index (χ2v) is 9.11. The van der Waals surface area contributed by atoms with Crippen molar-refractivity contribution in [1.82, 2.24) is 5.32 Å². The minimum absolute atomic E-state index is 0.190. The summed E-state index contributed by atoms with van der Waals surface area (Å²) in [5.74, 6) is -1.88. The smallest absolute Gasteiger partial charge is 0.408 e. The maximum Gasteiger partial charge on any atom is 0.408 e. The van der Waals surface area contributed by atoms with Gasteiger partial charge in [0.2, 0.25) is 3.79 Å². The van der Waals surface area contributed by atoms with Crippen LogP contribution in [0.4, 0.5) is 4.79 Å². The third-order valence-electron chi connectivity index (χ3n) is 2.85. The minimum atomic E-state index is -4.84. The van der Waals surface area contributed by atoms with Crippen molar-refractivity contribution in [1.29, 1.82) is 0 Å². The molecule has 1 unspecified atom stereocenters. The molecule has 0 saturated heterocycles. The van der Waals surface area contributed by atoms with E-state index in [1.165, 1.54) is 31.4 Å². The highest BCUT2D eigenvalue weighted by atomic mass is 35.6. The van der Waals surface area contributed by atoms with Crippen LogP contribution in [0, 0.1) is 0 Å². The molecule has 0 aliphatic rings. The third-order valence-corrected chi connectivity index (χ3v) is 4.30. The summed E-state index contributed by atoms with van der Waals surface area (Å²) in [7, 11) is -3.39. The number of ether oxygens (including phenoxy) is 2. The molecule has 12 heteroatoms. The molecule has 1 aromatic rings. The number of benzene rings is 1. The number of Topliss-reactive ketones (excluding diaryl/α,β-unsaturated/α-hetero) is 1. The molecule has 0 spiro atoms. The van der Waals surface area contributed by atoms with Crippen molar-refractivity contribution in [3.05, 3.63) is 29.8 Å². The maximum absolute atomic E-state index is 12.2. The first-order valence-electron chi connectivity index (χ1n) is 6.65. The Labute approximate surface area is 158 Å². The molecule has 1 rings (SSSR count). The average Bonchev–Trinajstić information content (AvgIpc) is 2.50. The Morgan fingerprint density at radius 1 is 1.24 bits per heavy atom. The van der Waals surface area contributed by atoms with Crippen molar-refractivity contribution < 1.29 is 33.4 Å². The van der Waals surface area contributed by atoms with Crippen LogP contribution in [-0.4, -0.2) is 45.0 Å². The van der Waals surface area contributed by atoms with Gasteiger partial charge in [0.05, 0.1) is 7.11 Å². The largest absolute Gasteiger partial charge is 0.497 e. The number of hydrogen-bond donors (Lipinski definition) is 3. The summed E-state index contributed by atoms with van der Waals surface area (Å²) < 4.78 is 19.1. The predicted molar refractivity (Wildman–Crippen MR) is 92.5 cm³/mol. The average molecular weight is 435 g/mol. The normalized spacial score (nSPS) is 13.0. The van der Waals surface area contributed by atoms with Gasteiger partial charge in [0.15, 0.2) is 5.78 Å². The van der Waals surface area contributed by atoms with Crippen molar-refractivity contribution in [2.45, 2.75) is 16.0 Å². The molecule has 0 fully saturated rings. The first kappa shape index (κ1) is 22.0. The van der Waals surface area contributed by atoms with Gasteiger partial charge in [-0.3, -0.25) is 9.36 Å². The van der Waals surface area contributed by atoms with Crippen LogP contribution in [0.5, 0.6) is 5.75 Å². The Bertz CT molecular complexity index is 657. The maximum atomic E-state index is 12.2. The van der Waals surface area contributed by atoms with Crippen LogP contribution in [0.25, 0.3) is 0 Å². The summed E-state index contributed by atoms with van der Waals surface area (Å²) in [6.07, 6.45) is -1.89. The van der Waals surface area contributed by atoms with E-state index < -0.39 is 42.1 Å². The van der Waals surface area contributed by atoms with E-state index in [0.717, 1.165) is 0 Å². The number of amides is 1. The summed E-state index contributed by atoms with van der Waals surface area (Å²) >= 11 is 16.2. The molecular formula is C13H15Cl3NO7P. The van der Waals surface area contributed by atoms with E-state index in [1.54, 1.807) is 0 Å². The zero-order chi connectivity index (χ0) is 19.3. The van der Waals surface area contributed by atoms with Gasteiger partial charge in [-0.25, -0.2) is 4.79 Å². The number of ketones is 1. The van der Waals surface area contributed by atoms with Gasteiger partial charge in [-0.2, -0.15) is 0 Å². The number of alkyl halides is 3. The zero-order valence-electron chi connectivity index (χ0n) is 12.8. The standard InChI is InChI=1S/C13H15Cl3NO7P/c1-23-9-4-2-8(3-5-9)10(18)6-11(25(20,21)22)17-12(19)24-7-13(14,15)16/h2-5,11H,6-7H2,1H3,(H,17,19)(H2,20,21,22). The van der Waals surface area contributed by atoms with Gasteiger partial charge in [0, 0.05) is 12.0 Å². The van der Waals surface area contributed by atoms with Crippen LogP contribution < -0.4 is 10.1 Å². The molecule has 1 amide bonds. The lowest BCUT2D eigenvalue weighted by Gasteiger charge is -2.20. The van der Waals surface area contributed by atoms with Crippen molar-refractivity contribution in [2.24, 2.45) is 0 Å². The molecule has 1 aromatic carbocycles. The van der Waals surface area contributed by atoms with E-state index in [1.807, 2.05) is 5.32 Å². The minimum Gasteiger partial charge on any atom is -0.497 e. The van der Waals surface area contributed by atoms with E-state index in [4.69, 9.17) is 39.5 Å². The molecule has 8 nitrogen and oxygen atoms in total. The fraction of sp³-hybridized carbons (Fsp3) is 0.385. The molecule has 0 bridgehead atoms. The molecule has 3 N–H and O–H groups in total. The van der Waals surface area contributed by atoms with Gasteiger partial charge in [-0.1, -0.05) is 34.8 Å². The lowest BCUT2D eigenvalue weighted by Crippen LogP contribution is -2.38. The summed E-state index contributed by atoms with van der Waals surface area (Å²) in [6.45, 7) is -0.635. The quantitative estimate of drug-likeness (QED) is 0.343.